The first-order valence-electron chi connectivity index (χ1n) is 7.57. The van der Waals surface area contributed by atoms with Gasteiger partial charge in [-0.3, -0.25) is 4.79 Å². The summed E-state index contributed by atoms with van der Waals surface area (Å²) in [6.45, 7) is 1.89. The third kappa shape index (κ3) is 4.06. The Morgan fingerprint density at radius 2 is 1.92 bits per heavy atom. The smallest absolute Gasteiger partial charge is 0.406 e. The van der Waals surface area contributed by atoms with Crippen LogP contribution in [0.2, 0.25) is 0 Å². The standard InChI is InChI=1S/C16H16F3N3O2/c17-16(18,19)24-14-5-3-4-12(8-14)11-22-15(23)9-13(10-20-22)21-6-1-2-7-21/h3-5,8-10H,1-2,6-7,11H2. The molecule has 128 valence electrons. The lowest BCUT2D eigenvalue weighted by Crippen LogP contribution is -2.26. The Kier molecular flexibility index (Phi) is 4.46. The van der Waals surface area contributed by atoms with E-state index in [9.17, 15) is 18.0 Å². The monoisotopic (exact) mass is 339 g/mol. The summed E-state index contributed by atoms with van der Waals surface area (Å²) in [5.41, 5.74) is 0.990. The molecule has 0 saturated carbocycles. The second-order valence-electron chi connectivity index (χ2n) is 5.60. The van der Waals surface area contributed by atoms with E-state index in [0.29, 0.717) is 5.56 Å². The van der Waals surface area contributed by atoms with Crippen LogP contribution in [0.15, 0.2) is 41.3 Å². The Labute approximate surface area is 136 Å². The fourth-order valence-corrected chi connectivity index (χ4v) is 2.70. The van der Waals surface area contributed by atoms with E-state index in [0.717, 1.165) is 31.6 Å². The molecule has 8 heteroatoms. The molecule has 0 atom stereocenters. The average molecular weight is 339 g/mol. The van der Waals surface area contributed by atoms with Crippen LogP contribution < -0.4 is 15.2 Å². The number of benzene rings is 1. The molecule has 0 spiro atoms. The lowest BCUT2D eigenvalue weighted by molar-refractivity contribution is -0.274. The summed E-state index contributed by atoms with van der Waals surface area (Å²) < 4.78 is 41.9. The first-order valence-corrected chi connectivity index (χ1v) is 7.57. The van der Waals surface area contributed by atoms with E-state index in [1.807, 2.05) is 0 Å². The van der Waals surface area contributed by atoms with Gasteiger partial charge in [-0.25, -0.2) is 4.68 Å². The maximum absolute atomic E-state index is 12.3. The zero-order valence-electron chi connectivity index (χ0n) is 12.8. The predicted molar refractivity (Wildman–Crippen MR) is 82.2 cm³/mol. The second-order valence-corrected chi connectivity index (χ2v) is 5.60. The molecular weight excluding hydrogens is 323 g/mol. The maximum atomic E-state index is 12.3. The first kappa shape index (κ1) is 16.4. The van der Waals surface area contributed by atoms with Crippen LogP contribution in [0.1, 0.15) is 18.4 Å². The molecule has 2 heterocycles. The predicted octanol–water partition coefficient (Wildman–Crippen LogP) is 2.79. The normalized spacial score (nSPS) is 14.9. The molecule has 1 aliphatic rings. The molecule has 1 aromatic carbocycles. The Morgan fingerprint density at radius 1 is 1.17 bits per heavy atom. The summed E-state index contributed by atoms with van der Waals surface area (Å²) in [6, 6.07) is 7.03. The van der Waals surface area contributed by atoms with Gasteiger partial charge in [0.05, 0.1) is 18.4 Å². The molecule has 1 fully saturated rings. The van der Waals surface area contributed by atoms with Crippen molar-refractivity contribution in [2.24, 2.45) is 0 Å². The topological polar surface area (TPSA) is 47.4 Å². The SMILES string of the molecule is O=c1cc(N2CCCC2)cnn1Cc1cccc(OC(F)(F)F)c1. The van der Waals surface area contributed by atoms with Crippen molar-refractivity contribution >= 4 is 5.69 Å². The summed E-state index contributed by atoms with van der Waals surface area (Å²) in [5, 5.41) is 4.12. The maximum Gasteiger partial charge on any atom is 0.573 e. The third-order valence-corrected chi connectivity index (χ3v) is 3.79. The molecule has 0 radical (unpaired) electrons. The Balaban J connectivity index is 1.76. The molecule has 5 nitrogen and oxygen atoms in total. The molecule has 0 bridgehead atoms. The van der Waals surface area contributed by atoms with Crippen LogP contribution in [0.25, 0.3) is 0 Å². The van der Waals surface area contributed by atoms with E-state index in [-0.39, 0.29) is 17.9 Å². The number of ether oxygens (including phenoxy) is 1. The van der Waals surface area contributed by atoms with Crippen LogP contribution in [-0.2, 0) is 6.54 Å². The van der Waals surface area contributed by atoms with Crippen molar-refractivity contribution in [3.63, 3.8) is 0 Å². The van der Waals surface area contributed by atoms with E-state index >= 15 is 0 Å². The number of hydrogen-bond donors (Lipinski definition) is 0. The van der Waals surface area contributed by atoms with Crippen molar-refractivity contribution < 1.29 is 17.9 Å². The molecule has 2 aromatic rings. The van der Waals surface area contributed by atoms with Crippen LogP contribution in [0.5, 0.6) is 5.75 Å². The zero-order valence-corrected chi connectivity index (χ0v) is 12.8. The van der Waals surface area contributed by atoms with E-state index in [1.165, 1.54) is 28.9 Å². The number of halogens is 3. The van der Waals surface area contributed by atoms with Gasteiger partial charge in [-0.05, 0) is 30.5 Å². The van der Waals surface area contributed by atoms with E-state index in [2.05, 4.69) is 14.7 Å². The summed E-state index contributed by atoms with van der Waals surface area (Å²) in [7, 11) is 0. The van der Waals surface area contributed by atoms with Crippen LogP contribution in [0.3, 0.4) is 0 Å². The summed E-state index contributed by atoms with van der Waals surface area (Å²) in [5.74, 6) is -0.318. The zero-order chi connectivity index (χ0) is 17.2. The minimum Gasteiger partial charge on any atom is -0.406 e. The average Bonchev–Trinajstić information content (AvgIpc) is 3.02. The Morgan fingerprint density at radius 3 is 2.58 bits per heavy atom. The van der Waals surface area contributed by atoms with Gasteiger partial charge in [-0.2, -0.15) is 5.10 Å². The van der Waals surface area contributed by atoms with E-state index in [4.69, 9.17) is 0 Å². The van der Waals surface area contributed by atoms with Crippen molar-refractivity contribution in [3.05, 3.63) is 52.4 Å². The molecule has 1 aromatic heterocycles. The minimum atomic E-state index is -4.74. The largest absolute Gasteiger partial charge is 0.573 e. The molecular formula is C16H16F3N3O2. The van der Waals surface area contributed by atoms with Gasteiger partial charge in [0, 0.05) is 19.2 Å². The van der Waals surface area contributed by atoms with Crippen LogP contribution in [0.4, 0.5) is 18.9 Å². The number of anilines is 1. The number of rotatable bonds is 4. The summed E-state index contributed by atoms with van der Waals surface area (Å²) >= 11 is 0. The van der Waals surface area contributed by atoms with Crippen LogP contribution >= 0.6 is 0 Å². The highest BCUT2D eigenvalue weighted by atomic mass is 19.4. The van der Waals surface area contributed by atoms with Gasteiger partial charge in [0.15, 0.2) is 0 Å². The number of hydrogen-bond acceptors (Lipinski definition) is 4. The van der Waals surface area contributed by atoms with Crippen molar-refractivity contribution in [1.29, 1.82) is 0 Å². The molecule has 0 unspecified atom stereocenters. The summed E-state index contributed by atoms with van der Waals surface area (Å²) in [4.78, 5) is 14.3. The van der Waals surface area contributed by atoms with E-state index in [1.54, 1.807) is 12.3 Å². The van der Waals surface area contributed by atoms with Gasteiger partial charge >= 0.3 is 6.36 Å². The number of alkyl halides is 3. The molecule has 3 rings (SSSR count). The van der Waals surface area contributed by atoms with Gasteiger partial charge in [0.2, 0.25) is 0 Å². The van der Waals surface area contributed by atoms with Crippen LogP contribution in [0, 0.1) is 0 Å². The van der Waals surface area contributed by atoms with Gasteiger partial charge < -0.3 is 9.64 Å². The highest BCUT2D eigenvalue weighted by Crippen LogP contribution is 2.23. The molecule has 1 saturated heterocycles. The fraction of sp³-hybridized carbons (Fsp3) is 0.375. The Bertz CT molecular complexity index is 768. The number of aromatic nitrogens is 2. The second kappa shape index (κ2) is 6.54. The number of nitrogens with zero attached hydrogens (tertiary/aromatic N) is 3. The van der Waals surface area contributed by atoms with Crippen molar-refractivity contribution in [2.45, 2.75) is 25.7 Å². The fourth-order valence-electron chi connectivity index (χ4n) is 2.70. The molecule has 0 N–H and O–H groups in total. The molecule has 24 heavy (non-hydrogen) atoms. The van der Waals surface area contributed by atoms with Gasteiger partial charge in [-0.1, -0.05) is 12.1 Å². The van der Waals surface area contributed by atoms with Crippen LogP contribution in [-0.4, -0.2) is 29.2 Å². The molecule has 0 aliphatic carbocycles. The third-order valence-electron chi connectivity index (χ3n) is 3.79. The Hall–Kier alpha value is -2.51. The highest BCUT2D eigenvalue weighted by molar-refractivity contribution is 5.43. The van der Waals surface area contributed by atoms with Gasteiger partial charge in [0.25, 0.3) is 5.56 Å². The van der Waals surface area contributed by atoms with Gasteiger partial charge in [0.1, 0.15) is 5.75 Å². The summed E-state index contributed by atoms with van der Waals surface area (Å²) in [6.07, 6.45) is -0.946. The van der Waals surface area contributed by atoms with Crippen molar-refractivity contribution in [2.75, 3.05) is 18.0 Å². The molecule has 1 aliphatic heterocycles. The van der Waals surface area contributed by atoms with Crippen molar-refractivity contribution in [3.8, 4) is 5.75 Å². The van der Waals surface area contributed by atoms with Gasteiger partial charge in [-0.15, -0.1) is 13.2 Å². The van der Waals surface area contributed by atoms with Crippen molar-refractivity contribution in [1.82, 2.24) is 9.78 Å². The lowest BCUT2D eigenvalue weighted by Gasteiger charge is -2.17. The van der Waals surface area contributed by atoms with E-state index < -0.39 is 6.36 Å². The minimum absolute atomic E-state index is 0.0776. The quantitative estimate of drug-likeness (QED) is 0.859. The lowest BCUT2D eigenvalue weighted by atomic mass is 10.2. The first-order chi connectivity index (χ1) is 11.4. The highest BCUT2D eigenvalue weighted by Gasteiger charge is 2.31. The molecule has 0 amide bonds.